The van der Waals surface area contributed by atoms with Gasteiger partial charge in [-0.1, -0.05) is 23.2 Å². The first-order valence-electron chi connectivity index (χ1n) is 5.52. The van der Waals surface area contributed by atoms with Gasteiger partial charge in [-0.2, -0.15) is 0 Å². The third-order valence-corrected chi connectivity index (χ3v) is 4.22. The molecule has 19 heavy (non-hydrogen) atoms. The first-order chi connectivity index (χ1) is 8.97. The summed E-state index contributed by atoms with van der Waals surface area (Å²) in [4.78, 5) is 13.0. The smallest absolute Gasteiger partial charge is 0.255 e. The summed E-state index contributed by atoms with van der Waals surface area (Å²) in [6.07, 6.45) is 0. The topological polar surface area (TPSA) is 49.3 Å². The second kappa shape index (κ2) is 5.82. The number of carbonyl (C=O) groups is 1. The average Bonchev–Trinajstić information content (AvgIpc) is 2.75. The van der Waals surface area contributed by atoms with Gasteiger partial charge in [-0.3, -0.25) is 4.79 Å². The maximum atomic E-state index is 12.0. The molecule has 0 fully saturated rings. The number of hydrogen-bond acceptors (Lipinski definition) is 3. The van der Waals surface area contributed by atoms with Crippen molar-refractivity contribution >= 4 is 40.4 Å². The van der Waals surface area contributed by atoms with Crippen molar-refractivity contribution in [2.75, 3.05) is 0 Å². The number of benzene rings is 1. The van der Waals surface area contributed by atoms with Crippen molar-refractivity contribution < 1.29 is 9.90 Å². The van der Waals surface area contributed by atoms with Crippen LogP contribution in [0, 0.1) is 0 Å². The van der Waals surface area contributed by atoms with Gasteiger partial charge in [0.15, 0.2) is 0 Å². The molecule has 0 saturated carbocycles. The van der Waals surface area contributed by atoms with Gasteiger partial charge in [0.1, 0.15) is 5.75 Å². The summed E-state index contributed by atoms with van der Waals surface area (Å²) in [6, 6.07) is 7.84. The normalized spacial score (nSPS) is 12.2. The Morgan fingerprint density at radius 2 is 2.05 bits per heavy atom. The molecule has 0 bridgehead atoms. The van der Waals surface area contributed by atoms with Crippen LogP contribution < -0.4 is 5.32 Å². The van der Waals surface area contributed by atoms with Gasteiger partial charge in [0.25, 0.3) is 5.91 Å². The number of phenolic OH excluding ortho intramolecular Hbond substituents is 1. The predicted octanol–water partition coefficient (Wildman–Crippen LogP) is 4.25. The van der Waals surface area contributed by atoms with Crippen molar-refractivity contribution in [2.45, 2.75) is 13.0 Å². The van der Waals surface area contributed by atoms with Crippen LogP contribution in [0.15, 0.2) is 30.3 Å². The van der Waals surface area contributed by atoms with E-state index in [2.05, 4.69) is 5.32 Å². The number of halogens is 2. The van der Waals surface area contributed by atoms with Crippen molar-refractivity contribution in [3.8, 4) is 5.75 Å². The number of aromatic hydroxyl groups is 1. The number of nitrogens with one attached hydrogen (secondary N) is 1. The molecule has 6 heteroatoms. The van der Waals surface area contributed by atoms with E-state index in [0.29, 0.717) is 9.36 Å². The van der Waals surface area contributed by atoms with E-state index in [1.165, 1.54) is 23.5 Å². The molecule has 100 valence electrons. The van der Waals surface area contributed by atoms with Crippen molar-refractivity contribution in [1.29, 1.82) is 0 Å². The maximum absolute atomic E-state index is 12.0. The molecule has 0 aliphatic carbocycles. The Bertz CT molecular complexity index is 612. The summed E-state index contributed by atoms with van der Waals surface area (Å²) in [6.45, 7) is 1.85. The van der Waals surface area contributed by atoms with Crippen LogP contribution in [0.3, 0.4) is 0 Å². The fraction of sp³-hybridized carbons (Fsp3) is 0.154. The first kappa shape index (κ1) is 14.2. The van der Waals surface area contributed by atoms with E-state index in [0.717, 1.165) is 4.88 Å². The van der Waals surface area contributed by atoms with E-state index in [-0.39, 0.29) is 23.3 Å². The highest BCUT2D eigenvalue weighted by molar-refractivity contribution is 7.16. The summed E-state index contributed by atoms with van der Waals surface area (Å²) >= 11 is 13.0. The standard InChI is InChI=1S/C13H11Cl2NO2S/c1-7(11-4-5-12(15)19-11)16-13(18)9-3-2-8(14)6-10(9)17/h2-7,17H,1H3,(H,16,18). The largest absolute Gasteiger partial charge is 0.507 e. The van der Waals surface area contributed by atoms with Gasteiger partial charge in [0, 0.05) is 9.90 Å². The van der Waals surface area contributed by atoms with Crippen LogP contribution >= 0.6 is 34.5 Å². The quantitative estimate of drug-likeness (QED) is 0.889. The lowest BCUT2D eigenvalue weighted by Crippen LogP contribution is -2.26. The number of carbonyl (C=O) groups excluding carboxylic acids is 1. The Kier molecular flexibility index (Phi) is 4.34. The minimum atomic E-state index is -0.355. The van der Waals surface area contributed by atoms with Gasteiger partial charge in [0.05, 0.1) is 15.9 Å². The van der Waals surface area contributed by atoms with Crippen LogP contribution in [0.4, 0.5) is 0 Å². The Morgan fingerprint density at radius 1 is 1.32 bits per heavy atom. The Morgan fingerprint density at radius 3 is 2.63 bits per heavy atom. The summed E-state index contributed by atoms with van der Waals surface area (Å²) in [5.41, 5.74) is 0.193. The maximum Gasteiger partial charge on any atom is 0.255 e. The van der Waals surface area contributed by atoms with Crippen LogP contribution in [-0.4, -0.2) is 11.0 Å². The SMILES string of the molecule is CC(NC(=O)c1ccc(Cl)cc1O)c1ccc(Cl)s1. The van der Waals surface area contributed by atoms with Crippen molar-refractivity contribution in [3.05, 3.63) is 50.1 Å². The molecule has 2 N–H and O–H groups in total. The molecule has 0 radical (unpaired) electrons. The third kappa shape index (κ3) is 3.41. The van der Waals surface area contributed by atoms with E-state index in [1.54, 1.807) is 12.1 Å². The molecule has 0 spiro atoms. The van der Waals surface area contributed by atoms with Gasteiger partial charge in [-0.05, 0) is 37.3 Å². The molecule has 1 amide bonds. The second-order valence-corrected chi connectivity index (χ2v) is 6.18. The van der Waals surface area contributed by atoms with Crippen LogP contribution in [0.1, 0.15) is 28.2 Å². The van der Waals surface area contributed by atoms with Crippen LogP contribution in [-0.2, 0) is 0 Å². The average molecular weight is 316 g/mol. The van der Waals surface area contributed by atoms with Crippen molar-refractivity contribution in [1.82, 2.24) is 5.32 Å². The number of phenols is 1. The fourth-order valence-electron chi connectivity index (χ4n) is 1.60. The molecular weight excluding hydrogens is 305 g/mol. The molecular formula is C13H11Cl2NO2S. The molecule has 1 aromatic heterocycles. The molecule has 1 atom stereocenters. The molecule has 1 heterocycles. The van der Waals surface area contributed by atoms with E-state index in [9.17, 15) is 9.90 Å². The zero-order valence-corrected chi connectivity index (χ0v) is 12.3. The zero-order valence-electron chi connectivity index (χ0n) is 9.98. The molecule has 2 aromatic rings. The second-order valence-electron chi connectivity index (χ2n) is 4.00. The molecule has 0 saturated heterocycles. The molecule has 1 unspecified atom stereocenters. The lowest BCUT2D eigenvalue weighted by Gasteiger charge is -2.13. The van der Waals surface area contributed by atoms with Crippen molar-refractivity contribution in [3.63, 3.8) is 0 Å². The lowest BCUT2D eigenvalue weighted by atomic mass is 10.1. The molecule has 0 aliphatic rings. The van der Waals surface area contributed by atoms with E-state index >= 15 is 0 Å². The fourth-order valence-corrected chi connectivity index (χ4v) is 2.83. The summed E-state index contributed by atoms with van der Waals surface area (Å²) < 4.78 is 0.672. The van der Waals surface area contributed by atoms with E-state index in [4.69, 9.17) is 23.2 Å². The molecule has 3 nitrogen and oxygen atoms in total. The van der Waals surface area contributed by atoms with Crippen molar-refractivity contribution in [2.24, 2.45) is 0 Å². The third-order valence-electron chi connectivity index (χ3n) is 2.57. The Balaban J connectivity index is 2.12. The highest BCUT2D eigenvalue weighted by atomic mass is 35.5. The molecule has 0 aliphatic heterocycles. The Labute approximate surface area is 124 Å². The van der Waals surface area contributed by atoms with Crippen LogP contribution in [0.25, 0.3) is 0 Å². The number of amides is 1. The van der Waals surface area contributed by atoms with Crippen LogP contribution in [0.2, 0.25) is 9.36 Å². The number of rotatable bonds is 3. The van der Waals surface area contributed by atoms with E-state index in [1.807, 2.05) is 13.0 Å². The molecule has 2 rings (SSSR count). The lowest BCUT2D eigenvalue weighted by molar-refractivity contribution is 0.0938. The number of hydrogen-bond donors (Lipinski definition) is 2. The summed E-state index contributed by atoms with van der Waals surface area (Å²) in [5, 5.41) is 12.9. The highest BCUT2D eigenvalue weighted by Gasteiger charge is 2.16. The van der Waals surface area contributed by atoms with Gasteiger partial charge in [-0.15, -0.1) is 11.3 Å². The molecule has 1 aromatic carbocycles. The zero-order chi connectivity index (χ0) is 14.0. The first-order valence-corrected chi connectivity index (χ1v) is 7.09. The van der Waals surface area contributed by atoms with Gasteiger partial charge in [-0.25, -0.2) is 0 Å². The summed E-state index contributed by atoms with van der Waals surface area (Å²) in [5.74, 6) is -0.493. The van der Waals surface area contributed by atoms with Crippen LogP contribution in [0.5, 0.6) is 5.75 Å². The monoisotopic (exact) mass is 315 g/mol. The Hall–Kier alpha value is -1.23. The highest BCUT2D eigenvalue weighted by Crippen LogP contribution is 2.27. The van der Waals surface area contributed by atoms with Gasteiger partial charge < -0.3 is 10.4 Å². The van der Waals surface area contributed by atoms with E-state index < -0.39 is 0 Å². The number of thiophene rings is 1. The van der Waals surface area contributed by atoms with Gasteiger partial charge >= 0.3 is 0 Å². The predicted molar refractivity (Wildman–Crippen MR) is 78.3 cm³/mol. The minimum Gasteiger partial charge on any atom is -0.507 e. The minimum absolute atomic E-state index is 0.138. The van der Waals surface area contributed by atoms with Gasteiger partial charge in [0.2, 0.25) is 0 Å². The summed E-state index contributed by atoms with van der Waals surface area (Å²) in [7, 11) is 0.